The van der Waals surface area contributed by atoms with Gasteiger partial charge in [0.25, 0.3) is 5.91 Å². The molecule has 7 heteroatoms. The first kappa shape index (κ1) is 22.4. The lowest BCUT2D eigenvalue weighted by molar-refractivity contribution is -0.147. The molecule has 0 radical (unpaired) electrons. The Bertz CT molecular complexity index is 1130. The molecule has 1 amide bonds. The lowest BCUT2D eigenvalue weighted by Crippen LogP contribution is -2.35. The Balaban J connectivity index is 1.38. The van der Waals surface area contributed by atoms with Gasteiger partial charge in [0.1, 0.15) is 0 Å². The van der Waals surface area contributed by atoms with Gasteiger partial charge in [0.2, 0.25) is 0 Å². The van der Waals surface area contributed by atoms with Gasteiger partial charge in [0, 0.05) is 28.6 Å². The van der Waals surface area contributed by atoms with Crippen molar-refractivity contribution < 1.29 is 14.3 Å². The van der Waals surface area contributed by atoms with Gasteiger partial charge in [-0.2, -0.15) is 5.26 Å². The fraction of sp³-hybridized carbons (Fsp3) is 0.192. The van der Waals surface area contributed by atoms with Crippen LogP contribution in [0.5, 0.6) is 0 Å². The molecule has 33 heavy (non-hydrogen) atoms. The molecule has 0 fully saturated rings. The Morgan fingerprint density at radius 2 is 1.52 bits per heavy atom. The van der Waals surface area contributed by atoms with E-state index in [1.54, 1.807) is 23.9 Å². The molecule has 0 saturated carbocycles. The van der Waals surface area contributed by atoms with Crippen molar-refractivity contribution in [1.82, 2.24) is 0 Å². The highest BCUT2D eigenvalue weighted by Crippen LogP contribution is 2.47. The smallest absolute Gasteiger partial charge is 0.308 e. The number of ether oxygens (including phenoxy) is 1. The number of hydrogen-bond donors (Lipinski definition) is 0. The van der Waals surface area contributed by atoms with E-state index < -0.39 is 5.97 Å². The van der Waals surface area contributed by atoms with E-state index in [0.29, 0.717) is 12.2 Å². The van der Waals surface area contributed by atoms with E-state index in [4.69, 9.17) is 10.00 Å². The van der Waals surface area contributed by atoms with E-state index in [9.17, 15) is 9.59 Å². The van der Waals surface area contributed by atoms with Crippen LogP contribution in [-0.2, 0) is 14.3 Å². The molecule has 0 N–H and O–H groups in total. The van der Waals surface area contributed by atoms with Crippen molar-refractivity contribution in [3.63, 3.8) is 0 Å². The van der Waals surface area contributed by atoms with Crippen LogP contribution in [0.3, 0.4) is 0 Å². The summed E-state index contributed by atoms with van der Waals surface area (Å²) in [5.74, 6) is -0.792. The second-order valence-corrected chi connectivity index (χ2v) is 8.47. The van der Waals surface area contributed by atoms with Gasteiger partial charge in [-0.1, -0.05) is 54.2 Å². The SMILES string of the molecule is N#CCCN(C(=O)COC(=O)CCN1c2ccccc2Sc2ccccc21)c1ccccc1. The van der Waals surface area contributed by atoms with Crippen molar-refractivity contribution in [3.8, 4) is 6.07 Å². The Morgan fingerprint density at radius 3 is 2.15 bits per heavy atom. The third kappa shape index (κ3) is 5.36. The standard InChI is InChI=1S/C26H23N3O3S/c27-16-8-17-28(20-9-2-1-3-10-20)25(30)19-32-26(31)15-18-29-21-11-4-6-13-23(21)33-24-14-7-5-12-22(24)29/h1-7,9-14H,8,15,17-19H2. The number of fused-ring (bicyclic) bond motifs is 2. The summed E-state index contributed by atoms with van der Waals surface area (Å²) in [5, 5.41) is 8.92. The van der Waals surface area contributed by atoms with E-state index in [2.05, 4.69) is 23.1 Å². The fourth-order valence-corrected chi connectivity index (χ4v) is 4.78. The minimum absolute atomic E-state index is 0.143. The molecule has 0 aliphatic carbocycles. The van der Waals surface area contributed by atoms with Crippen molar-refractivity contribution in [1.29, 1.82) is 5.26 Å². The number of carbonyl (C=O) groups excluding carboxylic acids is 2. The maximum absolute atomic E-state index is 12.7. The van der Waals surface area contributed by atoms with Gasteiger partial charge in [-0.15, -0.1) is 0 Å². The Hall–Kier alpha value is -3.76. The van der Waals surface area contributed by atoms with Crippen molar-refractivity contribution in [2.75, 3.05) is 29.5 Å². The zero-order chi connectivity index (χ0) is 23.0. The summed E-state index contributed by atoms with van der Waals surface area (Å²) >= 11 is 1.71. The molecule has 166 valence electrons. The summed E-state index contributed by atoms with van der Waals surface area (Å²) in [5.41, 5.74) is 2.78. The van der Waals surface area contributed by atoms with Crippen LogP contribution in [-0.4, -0.2) is 31.6 Å². The predicted molar refractivity (Wildman–Crippen MR) is 129 cm³/mol. The second kappa shape index (κ2) is 10.7. The highest BCUT2D eigenvalue weighted by molar-refractivity contribution is 7.99. The number of carbonyl (C=O) groups is 2. The van der Waals surface area contributed by atoms with Gasteiger partial charge < -0.3 is 14.5 Å². The first-order valence-corrected chi connectivity index (χ1v) is 11.5. The van der Waals surface area contributed by atoms with E-state index in [-0.39, 0.29) is 31.9 Å². The highest BCUT2D eigenvalue weighted by Gasteiger charge is 2.24. The number of nitrogens with zero attached hydrogens (tertiary/aromatic N) is 3. The minimum atomic E-state index is -0.440. The Kier molecular flexibility index (Phi) is 7.28. The normalized spacial score (nSPS) is 11.7. The van der Waals surface area contributed by atoms with E-state index in [1.165, 1.54) is 4.90 Å². The molecular formula is C26H23N3O3S. The molecule has 1 heterocycles. The average molecular weight is 458 g/mol. The molecule has 0 aromatic heterocycles. The summed E-state index contributed by atoms with van der Waals surface area (Å²) in [6.45, 7) is 0.330. The number of para-hydroxylation sites is 3. The van der Waals surface area contributed by atoms with Crippen LogP contribution in [0, 0.1) is 11.3 Å². The molecular weight excluding hydrogens is 434 g/mol. The monoisotopic (exact) mass is 457 g/mol. The van der Waals surface area contributed by atoms with Crippen LogP contribution in [0.25, 0.3) is 0 Å². The topological polar surface area (TPSA) is 73.6 Å². The maximum Gasteiger partial charge on any atom is 0.308 e. The highest BCUT2D eigenvalue weighted by atomic mass is 32.2. The molecule has 0 bridgehead atoms. The summed E-state index contributed by atoms with van der Waals surface area (Å²) in [4.78, 5) is 31.1. The van der Waals surface area contributed by atoms with Gasteiger partial charge in [-0.05, 0) is 36.4 Å². The first-order chi connectivity index (χ1) is 16.2. The van der Waals surface area contributed by atoms with Crippen molar-refractivity contribution in [3.05, 3.63) is 78.9 Å². The average Bonchev–Trinajstić information content (AvgIpc) is 2.86. The minimum Gasteiger partial charge on any atom is -0.455 e. The molecule has 4 rings (SSSR count). The maximum atomic E-state index is 12.7. The van der Waals surface area contributed by atoms with Crippen LogP contribution in [0.2, 0.25) is 0 Å². The van der Waals surface area contributed by atoms with E-state index >= 15 is 0 Å². The molecule has 0 atom stereocenters. The lowest BCUT2D eigenvalue weighted by atomic mass is 10.2. The van der Waals surface area contributed by atoms with Crippen LogP contribution in [0.4, 0.5) is 17.1 Å². The Morgan fingerprint density at radius 1 is 0.909 bits per heavy atom. The van der Waals surface area contributed by atoms with E-state index in [1.807, 2.05) is 54.6 Å². The number of nitriles is 1. The number of anilines is 3. The van der Waals surface area contributed by atoms with Crippen LogP contribution < -0.4 is 9.80 Å². The van der Waals surface area contributed by atoms with Gasteiger partial charge >= 0.3 is 5.97 Å². The van der Waals surface area contributed by atoms with Crippen LogP contribution in [0.15, 0.2) is 88.7 Å². The van der Waals surface area contributed by atoms with Crippen LogP contribution in [0.1, 0.15) is 12.8 Å². The summed E-state index contributed by atoms with van der Waals surface area (Å²) in [7, 11) is 0. The first-order valence-electron chi connectivity index (χ1n) is 10.7. The molecule has 3 aromatic carbocycles. The third-order valence-electron chi connectivity index (χ3n) is 5.24. The largest absolute Gasteiger partial charge is 0.455 e. The number of rotatable bonds is 8. The zero-order valence-corrected chi connectivity index (χ0v) is 18.8. The zero-order valence-electron chi connectivity index (χ0n) is 18.0. The number of amides is 1. The van der Waals surface area contributed by atoms with Crippen LogP contribution >= 0.6 is 11.8 Å². The number of benzene rings is 3. The molecule has 1 aliphatic rings. The number of esters is 1. The molecule has 6 nitrogen and oxygen atoms in total. The predicted octanol–water partition coefficient (Wildman–Crippen LogP) is 5.17. The van der Waals surface area contributed by atoms with Gasteiger partial charge in [-0.3, -0.25) is 9.59 Å². The van der Waals surface area contributed by atoms with Crippen molar-refractivity contribution in [2.24, 2.45) is 0 Å². The van der Waals surface area contributed by atoms with Crippen molar-refractivity contribution in [2.45, 2.75) is 22.6 Å². The molecule has 0 spiro atoms. The molecule has 3 aromatic rings. The van der Waals surface area contributed by atoms with E-state index in [0.717, 1.165) is 21.2 Å². The fourth-order valence-electron chi connectivity index (χ4n) is 3.68. The van der Waals surface area contributed by atoms with Gasteiger partial charge in [0.05, 0.1) is 30.3 Å². The third-order valence-corrected chi connectivity index (χ3v) is 6.37. The number of hydrogen-bond acceptors (Lipinski definition) is 6. The molecule has 0 unspecified atom stereocenters. The van der Waals surface area contributed by atoms with Gasteiger partial charge in [-0.25, -0.2) is 0 Å². The Labute approximate surface area is 197 Å². The molecule has 1 aliphatic heterocycles. The summed E-state index contributed by atoms with van der Waals surface area (Å²) < 4.78 is 5.31. The van der Waals surface area contributed by atoms with Crippen molar-refractivity contribution >= 4 is 40.7 Å². The second-order valence-electron chi connectivity index (χ2n) is 7.39. The summed E-state index contributed by atoms with van der Waals surface area (Å²) in [6, 6.07) is 27.3. The summed E-state index contributed by atoms with van der Waals surface area (Å²) in [6.07, 6.45) is 0.338. The molecule has 0 saturated heterocycles. The quantitative estimate of drug-likeness (QED) is 0.435. The van der Waals surface area contributed by atoms with Gasteiger partial charge in [0.15, 0.2) is 6.61 Å². The lowest BCUT2D eigenvalue weighted by Gasteiger charge is -2.32.